The highest BCUT2D eigenvalue weighted by atomic mass is 32.2. The molecule has 1 N–H and O–H groups in total. The van der Waals surface area contributed by atoms with Gasteiger partial charge in [0.15, 0.2) is 0 Å². The molecule has 7 heteroatoms. The smallest absolute Gasteiger partial charge is 0.328 e. The van der Waals surface area contributed by atoms with E-state index in [0.717, 1.165) is 0 Å². The number of ether oxygens (including phenoxy) is 2. The zero-order valence-corrected chi connectivity index (χ0v) is 11.6. The van der Waals surface area contributed by atoms with Crippen LogP contribution in [-0.4, -0.2) is 41.0 Å². The third-order valence-electron chi connectivity index (χ3n) is 2.42. The quantitative estimate of drug-likeness (QED) is 0.737. The van der Waals surface area contributed by atoms with Crippen molar-refractivity contribution in [1.82, 2.24) is 4.72 Å². The number of methoxy groups -OCH3 is 2. The van der Waals surface area contributed by atoms with E-state index in [4.69, 9.17) is 4.74 Å². The second-order valence-electron chi connectivity index (χ2n) is 3.80. The van der Waals surface area contributed by atoms with Crippen molar-refractivity contribution in [2.45, 2.75) is 6.04 Å². The van der Waals surface area contributed by atoms with Crippen LogP contribution in [0.25, 0.3) is 0 Å². The van der Waals surface area contributed by atoms with Crippen molar-refractivity contribution in [2.24, 2.45) is 0 Å². The first-order valence-corrected chi connectivity index (χ1v) is 7.27. The number of carbonyl (C=O) groups excluding carboxylic acids is 1. The number of esters is 1. The molecule has 0 bridgehead atoms. The maximum absolute atomic E-state index is 11.8. The zero-order valence-electron chi connectivity index (χ0n) is 10.8. The van der Waals surface area contributed by atoms with Crippen molar-refractivity contribution >= 4 is 16.0 Å². The van der Waals surface area contributed by atoms with Crippen LogP contribution in [0.1, 0.15) is 11.6 Å². The van der Waals surface area contributed by atoms with Crippen LogP contribution in [0.2, 0.25) is 0 Å². The van der Waals surface area contributed by atoms with Crippen molar-refractivity contribution in [3.63, 3.8) is 0 Å². The van der Waals surface area contributed by atoms with Crippen LogP contribution in [-0.2, 0) is 24.3 Å². The molecule has 0 saturated heterocycles. The number of carbonyl (C=O) groups is 1. The first-order valence-electron chi connectivity index (χ1n) is 5.62. The summed E-state index contributed by atoms with van der Waals surface area (Å²) in [4.78, 5) is 11.7. The van der Waals surface area contributed by atoms with E-state index in [1.807, 2.05) is 0 Å². The summed E-state index contributed by atoms with van der Waals surface area (Å²) in [5, 5.41) is 0. The number of rotatable bonds is 7. The average Bonchev–Trinajstić information content (AvgIpc) is 2.43. The van der Waals surface area contributed by atoms with Crippen LogP contribution >= 0.6 is 0 Å². The van der Waals surface area contributed by atoms with Crippen LogP contribution in [0.5, 0.6) is 0 Å². The molecule has 0 amide bonds. The second kappa shape index (κ2) is 7.22. The van der Waals surface area contributed by atoms with E-state index in [1.54, 1.807) is 30.3 Å². The van der Waals surface area contributed by atoms with Gasteiger partial charge < -0.3 is 9.47 Å². The molecule has 0 radical (unpaired) electrons. The van der Waals surface area contributed by atoms with E-state index in [-0.39, 0.29) is 12.4 Å². The number of benzene rings is 1. The second-order valence-corrected chi connectivity index (χ2v) is 5.67. The molecule has 1 aromatic rings. The van der Waals surface area contributed by atoms with Crippen molar-refractivity contribution in [3.05, 3.63) is 35.9 Å². The van der Waals surface area contributed by atoms with E-state index < -0.39 is 22.0 Å². The van der Waals surface area contributed by atoms with Crippen LogP contribution in [0.4, 0.5) is 0 Å². The first kappa shape index (κ1) is 15.6. The Morgan fingerprint density at radius 3 is 2.42 bits per heavy atom. The first-order chi connectivity index (χ1) is 9.00. The third-order valence-corrected chi connectivity index (χ3v) is 3.72. The number of hydrogen-bond donors (Lipinski definition) is 1. The molecule has 0 aliphatic rings. The van der Waals surface area contributed by atoms with Crippen molar-refractivity contribution in [1.29, 1.82) is 0 Å². The Morgan fingerprint density at radius 1 is 1.26 bits per heavy atom. The van der Waals surface area contributed by atoms with E-state index in [1.165, 1.54) is 14.2 Å². The van der Waals surface area contributed by atoms with Crippen LogP contribution < -0.4 is 4.72 Å². The molecule has 0 unspecified atom stereocenters. The van der Waals surface area contributed by atoms with E-state index in [2.05, 4.69) is 9.46 Å². The molecule has 0 aliphatic heterocycles. The summed E-state index contributed by atoms with van der Waals surface area (Å²) in [5.74, 6) is -0.878. The normalized spacial score (nSPS) is 12.9. The fourth-order valence-electron chi connectivity index (χ4n) is 1.45. The molecule has 0 aromatic heterocycles. The van der Waals surface area contributed by atoms with Gasteiger partial charge in [0, 0.05) is 7.11 Å². The molecular formula is C12H17NO5S. The summed E-state index contributed by atoms with van der Waals surface area (Å²) in [6.45, 7) is 0.0536. The van der Waals surface area contributed by atoms with Crippen molar-refractivity contribution in [2.75, 3.05) is 26.6 Å². The molecule has 1 rings (SSSR count). The molecule has 19 heavy (non-hydrogen) atoms. The van der Waals surface area contributed by atoms with Crippen LogP contribution in [0.3, 0.4) is 0 Å². The van der Waals surface area contributed by atoms with Gasteiger partial charge in [0.25, 0.3) is 0 Å². The Bertz CT molecular complexity index is 500. The molecule has 0 heterocycles. The van der Waals surface area contributed by atoms with Crippen molar-refractivity contribution < 1.29 is 22.7 Å². The summed E-state index contributed by atoms with van der Waals surface area (Å²) in [5.41, 5.74) is 0.523. The summed E-state index contributed by atoms with van der Waals surface area (Å²) in [6.07, 6.45) is 0. The van der Waals surface area contributed by atoms with Gasteiger partial charge in [-0.25, -0.2) is 13.2 Å². The fraction of sp³-hybridized carbons (Fsp3) is 0.417. The lowest BCUT2D eigenvalue weighted by atomic mass is 10.1. The minimum Gasteiger partial charge on any atom is -0.468 e. The average molecular weight is 287 g/mol. The highest BCUT2D eigenvalue weighted by molar-refractivity contribution is 7.89. The minimum atomic E-state index is -3.62. The zero-order chi connectivity index (χ0) is 14.3. The highest BCUT2D eigenvalue weighted by Crippen LogP contribution is 2.15. The predicted molar refractivity (Wildman–Crippen MR) is 70.0 cm³/mol. The summed E-state index contributed by atoms with van der Waals surface area (Å²) in [6, 6.07) is 7.47. The largest absolute Gasteiger partial charge is 0.468 e. The Morgan fingerprint density at radius 2 is 1.89 bits per heavy atom. The lowest BCUT2D eigenvalue weighted by Gasteiger charge is -2.16. The van der Waals surface area contributed by atoms with E-state index >= 15 is 0 Å². The summed E-state index contributed by atoms with van der Waals surface area (Å²) >= 11 is 0. The molecule has 1 aromatic carbocycles. The minimum absolute atomic E-state index is 0.0536. The van der Waals surface area contributed by atoms with Gasteiger partial charge in [-0.2, -0.15) is 4.72 Å². The Hall–Kier alpha value is -1.44. The van der Waals surface area contributed by atoms with E-state index in [0.29, 0.717) is 5.56 Å². The van der Waals surface area contributed by atoms with Gasteiger partial charge >= 0.3 is 5.97 Å². The lowest BCUT2D eigenvalue weighted by Crippen LogP contribution is -2.36. The van der Waals surface area contributed by atoms with Gasteiger partial charge in [-0.15, -0.1) is 0 Å². The number of nitrogens with one attached hydrogen (secondary N) is 1. The molecule has 0 spiro atoms. The molecule has 0 aliphatic carbocycles. The Kier molecular flexibility index (Phi) is 5.94. The molecule has 6 nitrogen and oxygen atoms in total. The maximum atomic E-state index is 11.8. The van der Waals surface area contributed by atoms with Gasteiger partial charge in [0.2, 0.25) is 10.0 Å². The van der Waals surface area contributed by atoms with Crippen LogP contribution in [0.15, 0.2) is 30.3 Å². The van der Waals surface area contributed by atoms with Gasteiger partial charge in [-0.05, 0) is 5.56 Å². The van der Waals surface area contributed by atoms with Crippen molar-refractivity contribution in [3.8, 4) is 0 Å². The van der Waals surface area contributed by atoms with Gasteiger partial charge in [-0.3, -0.25) is 0 Å². The lowest BCUT2D eigenvalue weighted by molar-refractivity contribution is -0.142. The van der Waals surface area contributed by atoms with E-state index in [9.17, 15) is 13.2 Å². The predicted octanol–water partition coefficient (Wildman–Crippen LogP) is 0.467. The monoisotopic (exact) mass is 287 g/mol. The third kappa shape index (κ3) is 4.98. The number of hydrogen-bond acceptors (Lipinski definition) is 5. The standard InChI is InChI=1S/C12H17NO5S/c1-17-8-9-19(15,16)13-11(12(14)18-2)10-6-4-3-5-7-10/h3-7,11,13H,8-9H2,1-2H3/t11-/m0/s1. The molecule has 0 saturated carbocycles. The number of sulfonamides is 1. The van der Waals surface area contributed by atoms with Gasteiger partial charge in [-0.1, -0.05) is 30.3 Å². The molecule has 1 atom stereocenters. The fourth-order valence-corrected chi connectivity index (χ4v) is 2.54. The SMILES string of the molecule is COCCS(=O)(=O)N[C@H](C(=O)OC)c1ccccc1. The summed E-state index contributed by atoms with van der Waals surface area (Å²) in [7, 11) is -1.00. The topological polar surface area (TPSA) is 81.7 Å². The highest BCUT2D eigenvalue weighted by Gasteiger charge is 2.26. The Labute approximate surface area is 112 Å². The Balaban J connectivity index is 2.91. The molecule has 106 valence electrons. The summed E-state index contributed by atoms with van der Waals surface area (Å²) < 4.78 is 35.2. The maximum Gasteiger partial charge on any atom is 0.328 e. The molecule has 0 fully saturated rings. The molecular weight excluding hydrogens is 270 g/mol. The van der Waals surface area contributed by atoms with Gasteiger partial charge in [0.05, 0.1) is 19.5 Å². The van der Waals surface area contributed by atoms with Gasteiger partial charge in [0.1, 0.15) is 6.04 Å². The van der Waals surface area contributed by atoms with Crippen LogP contribution in [0, 0.1) is 0 Å².